The van der Waals surface area contributed by atoms with Crippen molar-refractivity contribution in [1.29, 1.82) is 5.26 Å². The molecule has 0 aliphatic heterocycles. The number of sulfone groups is 1. The number of rotatable bonds is 4. The van der Waals surface area contributed by atoms with Crippen molar-refractivity contribution in [3.63, 3.8) is 0 Å². The zero-order valence-electron chi connectivity index (χ0n) is 10.9. The van der Waals surface area contributed by atoms with Gasteiger partial charge in [-0.1, -0.05) is 24.3 Å². The SMILES string of the molecule is COc1ccccc1S(=O)(=O)Cc1cccc(C#N)c1. The smallest absolute Gasteiger partial charge is 0.186 e. The number of hydrogen-bond acceptors (Lipinski definition) is 4. The van der Waals surface area contributed by atoms with Crippen molar-refractivity contribution in [3.05, 3.63) is 59.7 Å². The van der Waals surface area contributed by atoms with Crippen LogP contribution in [0.25, 0.3) is 0 Å². The Bertz CT molecular complexity index is 761. The van der Waals surface area contributed by atoms with Crippen molar-refractivity contribution in [2.24, 2.45) is 0 Å². The Kier molecular flexibility index (Phi) is 4.06. The molecule has 0 aliphatic carbocycles. The molecule has 0 saturated carbocycles. The molecule has 0 radical (unpaired) electrons. The van der Waals surface area contributed by atoms with Crippen molar-refractivity contribution in [2.75, 3.05) is 7.11 Å². The van der Waals surface area contributed by atoms with E-state index in [-0.39, 0.29) is 10.6 Å². The molecule has 0 atom stereocenters. The lowest BCUT2D eigenvalue weighted by molar-refractivity contribution is 0.402. The standard InChI is InChI=1S/C15H13NO3S/c1-19-14-7-2-3-8-15(14)20(17,18)11-13-6-4-5-12(9-13)10-16/h2-9H,11H2,1H3. The predicted octanol–water partition coefficient (Wildman–Crippen LogP) is 2.54. The summed E-state index contributed by atoms with van der Waals surface area (Å²) in [5, 5.41) is 8.84. The van der Waals surface area contributed by atoms with Gasteiger partial charge in [0.1, 0.15) is 10.6 Å². The first-order valence-corrected chi connectivity index (χ1v) is 7.57. The maximum Gasteiger partial charge on any atom is 0.186 e. The molecular weight excluding hydrogens is 274 g/mol. The highest BCUT2D eigenvalue weighted by atomic mass is 32.2. The molecule has 0 saturated heterocycles. The number of hydrogen-bond donors (Lipinski definition) is 0. The lowest BCUT2D eigenvalue weighted by Gasteiger charge is -2.09. The Labute approximate surface area is 118 Å². The van der Waals surface area contributed by atoms with Gasteiger partial charge in [0.25, 0.3) is 0 Å². The number of para-hydroxylation sites is 1. The average Bonchev–Trinajstić information content (AvgIpc) is 2.47. The number of methoxy groups -OCH3 is 1. The maximum absolute atomic E-state index is 12.4. The second-order valence-electron chi connectivity index (χ2n) is 4.22. The molecule has 0 unspecified atom stereocenters. The molecule has 20 heavy (non-hydrogen) atoms. The largest absolute Gasteiger partial charge is 0.495 e. The monoisotopic (exact) mass is 287 g/mol. The summed E-state index contributed by atoms with van der Waals surface area (Å²) in [6.07, 6.45) is 0. The van der Waals surface area contributed by atoms with Crippen molar-refractivity contribution >= 4 is 9.84 Å². The van der Waals surface area contributed by atoms with Crippen LogP contribution in [-0.2, 0) is 15.6 Å². The van der Waals surface area contributed by atoms with Crippen LogP contribution in [-0.4, -0.2) is 15.5 Å². The minimum absolute atomic E-state index is 0.157. The van der Waals surface area contributed by atoms with Crippen LogP contribution >= 0.6 is 0 Å². The molecule has 0 amide bonds. The van der Waals surface area contributed by atoms with Crippen molar-refractivity contribution in [1.82, 2.24) is 0 Å². The summed E-state index contributed by atoms with van der Waals surface area (Å²) >= 11 is 0. The Balaban J connectivity index is 2.38. The van der Waals surface area contributed by atoms with Crippen LogP contribution < -0.4 is 4.74 Å². The lowest BCUT2D eigenvalue weighted by atomic mass is 10.2. The normalized spacial score (nSPS) is 10.8. The summed E-state index contributed by atoms with van der Waals surface area (Å²) in [4.78, 5) is 0.157. The van der Waals surface area contributed by atoms with Gasteiger partial charge in [-0.15, -0.1) is 0 Å². The van der Waals surface area contributed by atoms with Gasteiger partial charge in [-0.25, -0.2) is 8.42 Å². The Hall–Kier alpha value is -2.32. The number of nitriles is 1. The van der Waals surface area contributed by atoms with E-state index in [0.29, 0.717) is 16.9 Å². The van der Waals surface area contributed by atoms with Gasteiger partial charge in [0.2, 0.25) is 0 Å². The highest BCUT2D eigenvalue weighted by Crippen LogP contribution is 2.26. The summed E-state index contributed by atoms with van der Waals surface area (Å²) in [7, 11) is -2.08. The highest BCUT2D eigenvalue weighted by molar-refractivity contribution is 7.90. The quantitative estimate of drug-likeness (QED) is 0.866. The van der Waals surface area contributed by atoms with Gasteiger partial charge in [-0.2, -0.15) is 5.26 Å². The van der Waals surface area contributed by atoms with Crippen LogP contribution in [0.3, 0.4) is 0 Å². The molecule has 4 nitrogen and oxygen atoms in total. The molecule has 0 heterocycles. The van der Waals surface area contributed by atoms with Gasteiger partial charge < -0.3 is 4.74 Å². The van der Waals surface area contributed by atoms with Crippen LogP contribution in [0, 0.1) is 11.3 Å². The molecule has 102 valence electrons. The minimum Gasteiger partial charge on any atom is -0.495 e. The van der Waals surface area contributed by atoms with E-state index < -0.39 is 9.84 Å². The highest BCUT2D eigenvalue weighted by Gasteiger charge is 2.19. The fourth-order valence-electron chi connectivity index (χ4n) is 1.90. The van der Waals surface area contributed by atoms with E-state index in [2.05, 4.69) is 0 Å². The molecule has 0 spiro atoms. The summed E-state index contributed by atoms with van der Waals surface area (Å²) in [6.45, 7) is 0. The van der Waals surface area contributed by atoms with Gasteiger partial charge in [-0.05, 0) is 29.8 Å². The van der Waals surface area contributed by atoms with Crippen LogP contribution in [0.4, 0.5) is 0 Å². The molecule has 0 aliphatic rings. The predicted molar refractivity (Wildman–Crippen MR) is 75.0 cm³/mol. The van der Waals surface area contributed by atoms with Gasteiger partial charge in [0.05, 0.1) is 24.5 Å². The molecule has 2 aromatic carbocycles. The number of ether oxygens (including phenoxy) is 1. The van der Waals surface area contributed by atoms with Crippen molar-refractivity contribution in [3.8, 4) is 11.8 Å². The maximum atomic E-state index is 12.4. The minimum atomic E-state index is -3.52. The summed E-state index contributed by atoms with van der Waals surface area (Å²) in [5.41, 5.74) is 1.02. The summed E-state index contributed by atoms with van der Waals surface area (Å²) < 4.78 is 29.9. The third kappa shape index (κ3) is 2.98. The van der Waals surface area contributed by atoms with E-state index in [0.717, 1.165) is 0 Å². The van der Waals surface area contributed by atoms with Crippen molar-refractivity contribution < 1.29 is 13.2 Å². The molecule has 2 rings (SSSR count). The second-order valence-corrected chi connectivity index (χ2v) is 6.18. The van der Waals surface area contributed by atoms with E-state index in [4.69, 9.17) is 10.00 Å². The van der Waals surface area contributed by atoms with Crippen LogP contribution in [0.15, 0.2) is 53.4 Å². The van der Waals surface area contributed by atoms with E-state index in [9.17, 15) is 8.42 Å². The zero-order valence-corrected chi connectivity index (χ0v) is 11.7. The summed E-state index contributed by atoms with van der Waals surface area (Å²) in [5.74, 6) is 0.159. The first-order chi connectivity index (χ1) is 9.56. The Morgan fingerprint density at radius 1 is 1.15 bits per heavy atom. The third-order valence-electron chi connectivity index (χ3n) is 2.82. The fraction of sp³-hybridized carbons (Fsp3) is 0.133. The fourth-order valence-corrected chi connectivity index (χ4v) is 3.42. The lowest BCUT2D eigenvalue weighted by Crippen LogP contribution is -2.07. The molecular formula is C15H13NO3S. The Morgan fingerprint density at radius 2 is 1.90 bits per heavy atom. The van der Waals surface area contributed by atoms with E-state index in [1.807, 2.05) is 6.07 Å². The number of benzene rings is 2. The molecule has 0 bridgehead atoms. The van der Waals surface area contributed by atoms with E-state index >= 15 is 0 Å². The molecule has 0 aromatic heterocycles. The zero-order chi connectivity index (χ0) is 14.6. The summed E-state index contributed by atoms with van der Waals surface area (Å²) in [6, 6.07) is 15.1. The van der Waals surface area contributed by atoms with E-state index in [1.165, 1.54) is 13.2 Å². The molecule has 5 heteroatoms. The second kappa shape index (κ2) is 5.76. The number of nitrogens with zero attached hydrogens (tertiary/aromatic N) is 1. The molecule has 0 N–H and O–H groups in total. The third-order valence-corrected chi connectivity index (χ3v) is 4.54. The molecule has 0 fully saturated rings. The van der Waals surface area contributed by atoms with Crippen molar-refractivity contribution in [2.45, 2.75) is 10.6 Å². The van der Waals surface area contributed by atoms with Gasteiger partial charge in [0, 0.05) is 0 Å². The topological polar surface area (TPSA) is 67.2 Å². The van der Waals surface area contributed by atoms with Crippen LogP contribution in [0.1, 0.15) is 11.1 Å². The average molecular weight is 287 g/mol. The van der Waals surface area contributed by atoms with Gasteiger partial charge in [-0.3, -0.25) is 0 Å². The van der Waals surface area contributed by atoms with Gasteiger partial charge in [0.15, 0.2) is 9.84 Å². The van der Waals surface area contributed by atoms with Crippen LogP contribution in [0.2, 0.25) is 0 Å². The van der Waals surface area contributed by atoms with Crippen LogP contribution in [0.5, 0.6) is 5.75 Å². The molecule has 2 aromatic rings. The van der Waals surface area contributed by atoms with Gasteiger partial charge >= 0.3 is 0 Å². The Morgan fingerprint density at radius 3 is 2.60 bits per heavy atom. The van der Waals surface area contributed by atoms with E-state index in [1.54, 1.807) is 42.5 Å². The first kappa shape index (κ1) is 14.1. The first-order valence-electron chi connectivity index (χ1n) is 5.91.